The highest BCUT2D eigenvalue weighted by Crippen LogP contribution is 2.46. The van der Waals surface area contributed by atoms with Gasteiger partial charge in [0.05, 0.1) is 6.67 Å². The van der Waals surface area contributed by atoms with E-state index in [4.69, 9.17) is 4.42 Å². The predicted molar refractivity (Wildman–Crippen MR) is 117 cm³/mol. The molecule has 2 unspecified atom stereocenters. The van der Waals surface area contributed by atoms with Gasteiger partial charge in [0, 0.05) is 19.0 Å². The third-order valence-corrected chi connectivity index (χ3v) is 7.21. The monoisotopic (exact) mass is 424 g/mol. The first-order chi connectivity index (χ1) is 14.7. The SMILES string of the molecule is CC1CC(C)(C)CC2(C1)NC(=O)N(CN1CCC(c3nc4ccccc4o3)CC1)C2=O. The second-order valence-corrected chi connectivity index (χ2v) is 10.7. The molecule has 2 atom stereocenters. The lowest BCUT2D eigenvalue weighted by atomic mass is 9.64. The number of rotatable bonds is 3. The molecule has 2 aliphatic heterocycles. The molecule has 5 rings (SSSR count). The Morgan fingerprint density at radius 2 is 1.90 bits per heavy atom. The van der Waals surface area contributed by atoms with Gasteiger partial charge in [-0.05, 0) is 55.6 Å². The molecule has 31 heavy (non-hydrogen) atoms. The fourth-order valence-corrected chi connectivity index (χ4v) is 6.22. The van der Waals surface area contributed by atoms with E-state index in [0.29, 0.717) is 19.0 Å². The largest absolute Gasteiger partial charge is 0.440 e. The summed E-state index contributed by atoms with van der Waals surface area (Å²) in [5, 5.41) is 3.08. The number of imide groups is 1. The van der Waals surface area contributed by atoms with Gasteiger partial charge in [-0.1, -0.05) is 32.9 Å². The summed E-state index contributed by atoms with van der Waals surface area (Å²) in [5.74, 6) is 1.45. The molecule has 1 saturated carbocycles. The van der Waals surface area contributed by atoms with Crippen molar-refractivity contribution in [2.75, 3.05) is 19.8 Å². The Hall–Kier alpha value is -2.41. The molecule has 7 heteroatoms. The fraction of sp³-hybridized carbons (Fsp3) is 0.625. The highest BCUT2D eigenvalue weighted by molar-refractivity contribution is 6.07. The number of aromatic nitrogens is 1. The van der Waals surface area contributed by atoms with E-state index >= 15 is 0 Å². The number of nitrogens with zero attached hydrogens (tertiary/aromatic N) is 3. The minimum absolute atomic E-state index is 0.0433. The second kappa shape index (κ2) is 7.33. The summed E-state index contributed by atoms with van der Waals surface area (Å²) in [4.78, 5) is 34.4. The fourth-order valence-electron chi connectivity index (χ4n) is 6.22. The average molecular weight is 425 g/mol. The molecular weight excluding hydrogens is 392 g/mol. The van der Waals surface area contributed by atoms with E-state index in [1.165, 1.54) is 4.90 Å². The third-order valence-electron chi connectivity index (χ3n) is 7.21. The minimum Gasteiger partial charge on any atom is -0.440 e. The summed E-state index contributed by atoms with van der Waals surface area (Å²) in [6, 6.07) is 7.60. The number of para-hydroxylation sites is 2. The Kier molecular flexibility index (Phi) is 4.84. The van der Waals surface area contributed by atoms with Crippen molar-refractivity contribution in [3.8, 4) is 0 Å². The molecule has 0 bridgehead atoms. The molecule has 2 aromatic rings. The average Bonchev–Trinajstić information content (AvgIpc) is 3.22. The number of hydrogen-bond acceptors (Lipinski definition) is 5. The second-order valence-electron chi connectivity index (χ2n) is 10.7. The third kappa shape index (κ3) is 3.73. The molecule has 3 aliphatic rings. The van der Waals surface area contributed by atoms with Crippen molar-refractivity contribution >= 4 is 23.0 Å². The lowest BCUT2D eigenvalue weighted by Crippen LogP contribution is -2.54. The van der Waals surface area contributed by atoms with Crippen LogP contribution in [0.15, 0.2) is 28.7 Å². The smallest absolute Gasteiger partial charge is 0.326 e. The van der Waals surface area contributed by atoms with Gasteiger partial charge in [-0.25, -0.2) is 14.7 Å². The molecular formula is C24H32N4O3. The summed E-state index contributed by atoms with van der Waals surface area (Å²) in [5.41, 5.74) is 1.05. The van der Waals surface area contributed by atoms with E-state index in [0.717, 1.165) is 55.8 Å². The highest BCUT2D eigenvalue weighted by atomic mass is 16.3. The van der Waals surface area contributed by atoms with Gasteiger partial charge < -0.3 is 9.73 Å². The lowest BCUT2D eigenvalue weighted by Gasteiger charge is -2.44. The van der Waals surface area contributed by atoms with Crippen LogP contribution in [0.4, 0.5) is 4.79 Å². The zero-order chi connectivity index (χ0) is 21.8. The van der Waals surface area contributed by atoms with Crippen molar-refractivity contribution in [1.29, 1.82) is 0 Å². The van der Waals surface area contributed by atoms with Crippen molar-refractivity contribution < 1.29 is 14.0 Å². The number of carbonyl (C=O) groups excluding carboxylic acids is 2. The van der Waals surface area contributed by atoms with Crippen LogP contribution in [0.3, 0.4) is 0 Å². The van der Waals surface area contributed by atoms with Crippen molar-refractivity contribution in [3.05, 3.63) is 30.2 Å². The summed E-state index contributed by atoms with van der Waals surface area (Å²) in [6.07, 6.45) is 4.35. The lowest BCUT2D eigenvalue weighted by molar-refractivity contribution is -0.136. The number of benzene rings is 1. The van der Waals surface area contributed by atoms with E-state index in [9.17, 15) is 9.59 Å². The molecule has 2 saturated heterocycles. The molecule has 1 aliphatic carbocycles. The van der Waals surface area contributed by atoms with Crippen molar-refractivity contribution in [3.63, 3.8) is 0 Å². The van der Waals surface area contributed by atoms with Crippen molar-refractivity contribution in [1.82, 2.24) is 20.1 Å². The number of urea groups is 1. The van der Waals surface area contributed by atoms with Crippen LogP contribution < -0.4 is 5.32 Å². The van der Waals surface area contributed by atoms with Crippen LogP contribution in [0, 0.1) is 11.3 Å². The number of carbonyl (C=O) groups is 2. The van der Waals surface area contributed by atoms with Crippen LogP contribution in [0.1, 0.15) is 64.7 Å². The molecule has 1 aromatic carbocycles. The molecule has 3 heterocycles. The number of oxazole rings is 1. The summed E-state index contributed by atoms with van der Waals surface area (Å²) >= 11 is 0. The van der Waals surface area contributed by atoms with Crippen LogP contribution >= 0.6 is 0 Å². The van der Waals surface area contributed by atoms with Gasteiger partial charge in [-0.3, -0.25) is 9.69 Å². The summed E-state index contributed by atoms with van der Waals surface area (Å²) < 4.78 is 5.96. The zero-order valence-electron chi connectivity index (χ0n) is 18.7. The number of fused-ring (bicyclic) bond motifs is 1. The molecule has 1 aromatic heterocycles. The van der Waals surface area contributed by atoms with E-state index in [1.807, 2.05) is 24.3 Å². The van der Waals surface area contributed by atoms with Gasteiger partial charge in [0.25, 0.3) is 5.91 Å². The van der Waals surface area contributed by atoms with Crippen LogP contribution in [-0.2, 0) is 4.79 Å². The number of nitrogens with one attached hydrogen (secondary N) is 1. The minimum atomic E-state index is -0.727. The van der Waals surface area contributed by atoms with Gasteiger partial charge >= 0.3 is 6.03 Å². The van der Waals surface area contributed by atoms with Crippen molar-refractivity contribution in [2.24, 2.45) is 11.3 Å². The Balaban J connectivity index is 1.23. The van der Waals surface area contributed by atoms with Crippen LogP contribution in [-0.4, -0.2) is 52.0 Å². The van der Waals surface area contributed by atoms with Gasteiger partial charge in [0.2, 0.25) is 0 Å². The maximum absolute atomic E-state index is 13.4. The quantitative estimate of drug-likeness (QED) is 0.751. The zero-order valence-corrected chi connectivity index (χ0v) is 18.7. The van der Waals surface area contributed by atoms with Gasteiger partial charge in [0.1, 0.15) is 11.1 Å². The molecule has 3 amide bonds. The number of hydrogen-bond donors (Lipinski definition) is 1. The first kappa shape index (κ1) is 20.5. The standard InChI is InChI=1S/C24H32N4O3/c1-16-12-23(2,3)14-24(13-16)21(29)28(22(30)26-24)15-27-10-8-17(9-11-27)20-25-18-6-4-5-7-19(18)31-20/h4-7,16-17H,8-15H2,1-3H3,(H,26,30). The Morgan fingerprint density at radius 1 is 1.16 bits per heavy atom. The summed E-state index contributed by atoms with van der Waals surface area (Å²) in [7, 11) is 0. The number of amides is 3. The number of piperidine rings is 1. The molecule has 3 fully saturated rings. The predicted octanol–water partition coefficient (Wildman–Crippen LogP) is 4.10. The van der Waals surface area contributed by atoms with E-state index in [1.54, 1.807) is 0 Å². The molecule has 166 valence electrons. The topological polar surface area (TPSA) is 78.7 Å². The van der Waals surface area contributed by atoms with E-state index < -0.39 is 5.54 Å². The molecule has 1 spiro atoms. The van der Waals surface area contributed by atoms with Crippen molar-refractivity contribution in [2.45, 2.75) is 64.3 Å². The Labute approximate surface area is 183 Å². The van der Waals surface area contributed by atoms with Gasteiger partial charge in [-0.15, -0.1) is 0 Å². The van der Waals surface area contributed by atoms with Gasteiger partial charge in [0.15, 0.2) is 11.5 Å². The first-order valence-corrected chi connectivity index (χ1v) is 11.5. The maximum Gasteiger partial charge on any atom is 0.326 e. The first-order valence-electron chi connectivity index (χ1n) is 11.5. The highest BCUT2D eigenvalue weighted by Gasteiger charge is 2.56. The Morgan fingerprint density at radius 3 is 2.61 bits per heavy atom. The number of likely N-dealkylation sites (tertiary alicyclic amines) is 1. The van der Waals surface area contributed by atoms with Gasteiger partial charge in [-0.2, -0.15) is 0 Å². The van der Waals surface area contributed by atoms with Crippen LogP contribution in [0.2, 0.25) is 0 Å². The van der Waals surface area contributed by atoms with Crippen LogP contribution in [0.25, 0.3) is 11.1 Å². The van der Waals surface area contributed by atoms with E-state index in [-0.39, 0.29) is 23.3 Å². The summed E-state index contributed by atoms with van der Waals surface area (Å²) in [6.45, 7) is 8.57. The Bertz CT molecular complexity index is 974. The molecule has 1 N–H and O–H groups in total. The normalized spacial score (nSPS) is 29.8. The van der Waals surface area contributed by atoms with E-state index in [2.05, 4.69) is 36.0 Å². The molecule has 0 radical (unpaired) electrons. The van der Waals surface area contributed by atoms with Crippen LogP contribution in [0.5, 0.6) is 0 Å². The molecule has 7 nitrogen and oxygen atoms in total. The maximum atomic E-state index is 13.4.